The van der Waals surface area contributed by atoms with Crippen molar-refractivity contribution >= 4 is 23.0 Å². The average molecular weight is 391 g/mol. The minimum atomic E-state index is 0.0574. The quantitative estimate of drug-likeness (QED) is 0.460. The molecule has 2 aromatic carbocycles. The maximum atomic E-state index is 9.66. The number of ether oxygens (including phenoxy) is 2. The summed E-state index contributed by atoms with van der Waals surface area (Å²) in [5.41, 5.74) is 3.30. The molecule has 28 heavy (non-hydrogen) atoms. The molecule has 0 bridgehead atoms. The van der Waals surface area contributed by atoms with Crippen molar-refractivity contribution in [1.29, 1.82) is 5.26 Å². The third kappa shape index (κ3) is 4.79. The van der Waals surface area contributed by atoms with Crippen LogP contribution in [0.25, 0.3) is 22.9 Å². The second-order valence-corrected chi connectivity index (χ2v) is 7.24. The molecule has 0 aliphatic heterocycles. The fraction of sp³-hybridized carbons (Fsp3) is 0.217. The van der Waals surface area contributed by atoms with Crippen LogP contribution in [0.4, 0.5) is 0 Å². The Balaban J connectivity index is 1.92. The van der Waals surface area contributed by atoms with Crippen molar-refractivity contribution < 1.29 is 9.47 Å². The summed E-state index contributed by atoms with van der Waals surface area (Å²) in [6, 6.07) is 17.9. The molecule has 1 aromatic heterocycles. The fourth-order valence-corrected chi connectivity index (χ4v) is 3.48. The van der Waals surface area contributed by atoms with Crippen LogP contribution < -0.4 is 9.47 Å². The molecule has 1 heterocycles. The molecule has 0 amide bonds. The lowest BCUT2D eigenvalue weighted by Crippen LogP contribution is -2.07. The summed E-state index contributed by atoms with van der Waals surface area (Å²) in [5.74, 6) is 1.37. The molecule has 0 fully saturated rings. The van der Waals surface area contributed by atoms with Gasteiger partial charge in [0.05, 0.1) is 24.0 Å². The fourth-order valence-electron chi connectivity index (χ4n) is 2.68. The van der Waals surface area contributed by atoms with Crippen molar-refractivity contribution in [2.45, 2.75) is 26.9 Å². The number of benzene rings is 2. The highest BCUT2D eigenvalue weighted by Gasteiger charge is 2.11. The highest BCUT2D eigenvalue weighted by atomic mass is 32.1. The van der Waals surface area contributed by atoms with Crippen LogP contribution >= 0.6 is 11.3 Å². The van der Waals surface area contributed by atoms with Gasteiger partial charge >= 0.3 is 0 Å². The van der Waals surface area contributed by atoms with Crippen molar-refractivity contribution in [1.82, 2.24) is 4.98 Å². The molecule has 142 valence electrons. The first-order valence-corrected chi connectivity index (χ1v) is 10.0. The van der Waals surface area contributed by atoms with E-state index in [1.165, 1.54) is 11.3 Å². The lowest BCUT2D eigenvalue weighted by atomic mass is 10.1. The Morgan fingerprint density at radius 2 is 1.96 bits per heavy atom. The molecule has 0 aliphatic carbocycles. The van der Waals surface area contributed by atoms with Crippen molar-refractivity contribution in [2.75, 3.05) is 6.61 Å². The summed E-state index contributed by atoms with van der Waals surface area (Å²) >= 11 is 1.46. The SMILES string of the molecule is CCOc1cc(/C=C(\C#N)c2nc(-c3ccccc3)cs2)ccc1OC(C)C. The molecule has 3 rings (SSSR count). The van der Waals surface area contributed by atoms with E-state index in [2.05, 4.69) is 11.1 Å². The van der Waals surface area contributed by atoms with Crippen molar-refractivity contribution in [3.8, 4) is 28.8 Å². The predicted octanol–water partition coefficient (Wildman–Crippen LogP) is 6.06. The van der Waals surface area contributed by atoms with E-state index in [1.54, 1.807) is 0 Å². The van der Waals surface area contributed by atoms with Gasteiger partial charge in [-0.3, -0.25) is 0 Å². The van der Waals surface area contributed by atoms with Gasteiger partial charge in [0, 0.05) is 10.9 Å². The summed E-state index contributed by atoms with van der Waals surface area (Å²) in [6.45, 7) is 6.43. The topological polar surface area (TPSA) is 55.1 Å². The van der Waals surface area contributed by atoms with E-state index in [-0.39, 0.29) is 6.10 Å². The largest absolute Gasteiger partial charge is 0.490 e. The van der Waals surface area contributed by atoms with Gasteiger partial charge in [-0.25, -0.2) is 4.98 Å². The molecule has 0 N–H and O–H groups in total. The Hall–Kier alpha value is -3.10. The van der Waals surface area contributed by atoms with Gasteiger partial charge in [-0.1, -0.05) is 36.4 Å². The van der Waals surface area contributed by atoms with Crippen molar-refractivity contribution in [2.24, 2.45) is 0 Å². The zero-order chi connectivity index (χ0) is 19.9. The summed E-state index contributed by atoms with van der Waals surface area (Å²) in [5, 5.41) is 12.3. The van der Waals surface area contributed by atoms with Crippen LogP contribution in [0.1, 0.15) is 31.3 Å². The van der Waals surface area contributed by atoms with E-state index >= 15 is 0 Å². The highest BCUT2D eigenvalue weighted by Crippen LogP contribution is 2.32. The molecule has 3 aromatic rings. The van der Waals surface area contributed by atoms with Crippen LogP contribution in [-0.2, 0) is 0 Å². The van der Waals surface area contributed by atoms with Gasteiger partial charge in [0.1, 0.15) is 11.1 Å². The number of nitrogens with zero attached hydrogens (tertiary/aromatic N) is 2. The van der Waals surface area contributed by atoms with Gasteiger partial charge in [0.15, 0.2) is 11.5 Å². The second-order valence-electron chi connectivity index (χ2n) is 6.38. The first-order valence-electron chi connectivity index (χ1n) is 9.17. The second kappa shape index (κ2) is 9.20. The number of hydrogen-bond donors (Lipinski definition) is 0. The maximum Gasteiger partial charge on any atom is 0.161 e. The standard InChI is InChI=1S/C23H22N2O2S/c1-4-26-22-13-17(10-11-21(22)27-16(2)3)12-19(14-24)23-25-20(15-28-23)18-8-6-5-7-9-18/h5-13,15-16H,4H2,1-3H3/b19-12+. The van der Waals surface area contributed by atoms with E-state index in [9.17, 15) is 5.26 Å². The number of thiazole rings is 1. The molecule has 0 saturated carbocycles. The smallest absolute Gasteiger partial charge is 0.161 e. The predicted molar refractivity (Wildman–Crippen MR) is 114 cm³/mol. The maximum absolute atomic E-state index is 9.66. The molecule has 5 heteroatoms. The average Bonchev–Trinajstić information content (AvgIpc) is 3.18. The molecular formula is C23H22N2O2S. The molecule has 0 saturated heterocycles. The van der Waals surface area contributed by atoms with E-state index in [4.69, 9.17) is 9.47 Å². The molecule has 0 unspecified atom stereocenters. The molecule has 0 spiro atoms. The van der Waals surface area contributed by atoms with Gasteiger partial charge in [0.25, 0.3) is 0 Å². The number of allylic oxidation sites excluding steroid dienone is 1. The zero-order valence-corrected chi connectivity index (χ0v) is 17.0. The lowest BCUT2D eigenvalue weighted by molar-refractivity contribution is 0.224. The Bertz CT molecular complexity index is 1000. The van der Waals surface area contributed by atoms with Crippen LogP contribution in [-0.4, -0.2) is 17.7 Å². The van der Waals surface area contributed by atoms with E-state index < -0.39 is 0 Å². The monoisotopic (exact) mass is 390 g/mol. The normalized spacial score (nSPS) is 11.3. The Kier molecular flexibility index (Phi) is 6.46. The highest BCUT2D eigenvalue weighted by molar-refractivity contribution is 7.11. The summed E-state index contributed by atoms with van der Waals surface area (Å²) < 4.78 is 11.5. The van der Waals surface area contributed by atoms with E-state index in [1.807, 2.05) is 80.8 Å². The Labute approximate surface area is 169 Å². The van der Waals surface area contributed by atoms with Crippen LogP contribution in [0.2, 0.25) is 0 Å². The van der Waals surface area contributed by atoms with Gasteiger partial charge in [-0.05, 0) is 44.5 Å². The van der Waals surface area contributed by atoms with E-state index in [0.29, 0.717) is 28.7 Å². The first-order chi connectivity index (χ1) is 13.6. The van der Waals surface area contributed by atoms with Crippen LogP contribution in [0, 0.1) is 11.3 Å². The lowest BCUT2D eigenvalue weighted by Gasteiger charge is -2.15. The van der Waals surface area contributed by atoms with Crippen LogP contribution in [0.15, 0.2) is 53.9 Å². The zero-order valence-electron chi connectivity index (χ0n) is 16.2. The van der Waals surface area contributed by atoms with Crippen LogP contribution in [0.5, 0.6) is 11.5 Å². The molecular weight excluding hydrogens is 368 g/mol. The molecule has 4 nitrogen and oxygen atoms in total. The van der Waals surface area contributed by atoms with Gasteiger partial charge in [-0.2, -0.15) is 5.26 Å². The number of rotatable bonds is 7. The van der Waals surface area contributed by atoms with Crippen LogP contribution in [0.3, 0.4) is 0 Å². The number of hydrogen-bond acceptors (Lipinski definition) is 5. The first kappa shape index (κ1) is 19.7. The number of aromatic nitrogens is 1. The van der Waals surface area contributed by atoms with Crippen molar-refractivity contribution in [3.63, 3.8) is 0 Å². The summed E-state index contributed by atoms with van der Waals surface area (Å²) in [6.07, 6.45) is 1.89. The third-order valence-corrected chi connectivity index (χ3v) is 4.74. The summed E-state index contributed by atoms with van der Waals surface area (Å²) in [4.78, 5) is 4.64. The number of nitriles is 1. The molecule has 0 atom stereocenters. The van der Waals surface area contributed by atoms with Gasteiger partial charge in [-0.15, -0.1) is 11.3 Å². The molecule has 0 aliphatic rings. The minimum Gasteiger partial charge on any atom is -0.490 e. The van der Waals surface area contributed by atoms with Gasteiger partial charge < -0.3 is 9.47 Å². The minimum absolute atomic E-state index is 0.0574. The molecule has 0 radical (unpaired) electrons. The Morgan fingerprint density at radius 1 is 1.18 bits per heavy atom. The third-order valence-electron chi connectivity index (χ3n) is 3.87. The summed E-state index contributed by atoms with van der Waals surface area (Å²) in [7, 11) is 0. The Morgan fingerprint density at radius 3 is 2.64 bits per heavy atom. The van der Waals surface area contributed by atoms with Crippen molar-refractivity contribution in [3.05, 3.63) is 64.5 Å². The van der Waals surface area contributed by atoms with E-state index in [0.717, 1.165) is 16.8 Å². The van der Waals surface area contributed by atoms with Gasteiger partial charge in [0.2, 0.25) is 0 Å².